The van der Waals surface area contributed by atoms with Gasteiger partial charge >= 0.3 is 0 Å². The second kappa shape index (κ2) is 11.4. The molecule has 0 aliphatic carbocycles. The second-order valence-electron chi connectivity index (χ2n) is 5.78. The number of thiophene rings is 1. The van der Waals surface area contributed by atoms with Gasteiger partial charge in [-0.2, -0.15) is 0 Å². The highest BCUT2D eigenvalue weighted by Gasteiger charge is 2.11. The minimum Gasteiger partial charge on any atom is -0.386 e. The molecule has 1 aromatic carbocycles. The molecule has 0 saturated carbocycles. The second-order valence-corrected chi connectivity index (χ2v) is 7.53. The van der Waals surface area contributed by atoms with Crippen molar-refractivity contribution in [2.24, 2.45) is 4.99 Å². The van der Waals surface area contributed by atoms with Crippen LogP contribution in [0.4, 0.5) is 0 Å². The fourth-order valence-electron chi connectivity index (χ4n) is 2.43. The molecule has 0 aliphatic rings. The molecule has 0 spiro atoms. The predicted octanol–water partition coefficient (Wildman–Crippen LogP) is 4.46. The van der Waals surface area contributed by atoms with E-state index >= 15 is 0 Å². The smallest absolute Gasteiger partial charge is 0.191 e. The van der Waals surface area contributed by atoms with Crippen LogP contribution in [-0.2, 0) is 6.54 Å². The van der Waals surface area contributed by atoms with Crippen molar-refractivity contribution in [3.63, 3.8) is 0 Å². The van der Waals surface area contributed by atoms with E-state index in [1.807, 2.05) is 49.4 Å². The summed E-state index contributed by atoms with van der Waals surface area (Å²) in [5, 5.41) is 20.6. The highest BCUT2D eigenvalue weighted by molar-refractivity contribution is 14.0. The van der Waals surface area contributed by atoms with Crippen LogP contribution >= 0.6 is 46.9 Å². The third kappa shape index (κ3) is 6.47. The standard InChI is InChI=1S/C19H21ClN4O2S.HI/c1-2-21-19(23-12-15(25)17-8-9-18(20)27-17)22-11-14-10-16(26-24-14)13-6-4-3-5-7-13;/h3-10,15,25H,2,11-12H2,1H3,(H2,21,22,23);1H. The summed E-state index contributed by atoms with van der Waals surface area (Å²) < 4.78 is 6.05. The molecule has 0 radical (unpaired) electrons. The van der Waals surface area contributed by atoms with E-state index in [4.69, 9.17) is 16.1 Å². The molecule has 1 atom stereocenters. The lowest BCUT2D eigenvalue weighted by Gasteiger charge is -2.14. The first-order valence-corrected chi connectivity index (χ1v) is 9.81. The third-order valence-corrected chi connectivity index (χ3v) is 5.08. The van der Waals surface area contributed by atoms with Crippen molar-refractivity contribution >= 4 is 52.9 Å². The Morgan fingerprint density at radius 1 is 1.25 bits per heavy atom. The van der Waals surface area contributed by atoms with Gasteiger partial charge < -0.3 is 20.3 Å². The average Bonchev–Trinajstić information content (AvgIpc) is 3.33. The Balaban J connectivity index is 0.00000280. The van der Waals surface area contributed by atoms with Gasteiger partial charge in [0.1, 0.15) is 11.8 Å². The first-order chi connectivity index (χ1) is 13.2. The monoisotopic (exact) mass is 532 g/mol. The van der Waals surface area contributed by atoms with Crippen LogP contribution in [0.2, 0.25) is 4.34 Å². The lowest BCUT2D eigenvalue weighted by atomic mass is 10.2. The molecule has 9 heteroatoms. The number of hydrogen-bond donors (Lipinski definition) is 3. The Kier molecular flexibility index (Phi) is 9.23. The van der Waals surface area contributed by atoms with Gasteiger partial charge in [0, 0.05) is 29.6 Å². The molecule has 1 unspecified atom stereocenters. The summed E-state index contributed by atoms with van der Waals surface area (Å²) in [5.41, 5.74) is 1.71. The maximum absolute atomic E-state index is 10.2. The van der Waals surface area contributed by atoms with Crippen LogP contribution in [0.5, 0.6) is 0 Å². The molecule has 150 valence electrons. The minimum absolute atomic E-state index is 0. The number of aliphatic hydroxyl groups is 1. The van der Waals surface area contributed by atoms with Crippen molar-refractivity contribution in [1.82, 2.24) is 15.8 Å². The Labute approximate surface area is 190 Å². The highest BCUT2D eigenvalue weighted by Crippen LogP contribution is 2.26. The third-order valence-electron chi connectivity index (χ3n) is 3.75. The van der Waals surface area contributed by atoms with Crippen LogP contribution in [-0.4, -0.2) is 29.3 Å². The van der Waals surface area contributed by atoms with Gasteiger partial charge in [-0.1, -0.05) is 47.1 Å². The van der Waals surface area contributed by atoms with Gasteiger partial charge in [0.2, 0.25) is 0 Å². The van der Waals surface area contributed by atoms with E-state index in [1.165, 1.54) is 11.3 Å². The molecule has 0 saturated heterocycles. The van der Waals surface area contributed by atoms with Gasteiger partial charge in [-0.15, -0.1) is 35.3 Å². The molecule has 3 N–H and O–H groups in total. The van der Waals surface area contributed by atoms with Gasteiger partial charge in [0.15, 0.2) is 11.7 Å². The van der Waals surface area contributed by atoms with Crippen molar-refractivity contribution in [2.75, 3.05) is 13.1 Å². The molecular formula is C19H22ClIN4O2S. The van der Waals surface area contributed by atoms with Crippen LogP contribution in [0.15, 0.2) is 58.0 Å². The molecule has 28 heavy (non-hydrogen) atoms. The van der Waals surface area contributed by atoms with E-state index < -0.39 is 6.10 Å². The topological polar surface area (TPSA) is 82.7 Å². The molecule has 0 fully saturated rings. The SMILES string of the molecule is CCNC(=NCc1cc(-c2ccccc2)on1)NCC(O)c1ccc(Cl)s1.I. The summed E-state index contributed by atoms with van der Waals surface area (Å²) in [6, 6.07) is 15.3. The minimum atomic E-state index is -0.650. The number of rotatable bonds is 7. The van der Waals surface area contributed by atoms with Crippen LogP contribution in [0, 0.1) is 0 Å². The summed E-state index contributed by atoms with van der Waals surface area (Å²) >= 11 is 7.28. The Hall–Kier alpha value is -1.62. The normalized spacial score (nSPS) is 12.3. The summed E-state index contributed by atoms with van der Waals surface area (Å²) in [5.74, 6) is 1.31. The first-order valence-electron chi connectivity index (χ1n) is 8.62. The average molecular weight is 533 g/mol. The summed E-state index contributed by atoms with van der Waals surface area (Å²) in [7, 11) is 0. The van der Waals surface area contributed by atoms with E-state index in [0.717, 1.165) is 16.1 Å². The highest BCUT2D eigenvalue weighted by atomic mass is 127. The van der Waals surface area contributed by atoms with Crippen LogP contribution in [0.25, 0.3) is 11.3 Å². The number of guanidine groups is 1. The first kappa shape index (κ1) is 22.7. The van der Waals surface area contributed by atoms with E-state index in [0.29, 0.717) is 35.7 Å². The zero-order chi connectivity index (χ0) is 19.1. The van der Waals surface area contributed by atoms with Crippen molar-refractivity contribution < 1.29 is 9.63 Å². The van der Waals surface area contributed by atoms with Crippen molar-refractivity contribution in [3.05, 3.63) is 63.4 Å². The van der Waals surface area contributed by atoms with E-state index in [-0.39, 0.29) is 24.0 Å². The van der Waals surface area contributed by atoms with E-state index in [1.54, 1.807) is 6.07 Å². The van der Waals surface area contributed by atoms with E-state index in [2.05, 4.69) is 20.8 Å². The van der Waals surface area contributed by atoms with Crippen molar-refractivity contribution in [2.45, 2.75) is 19.6 Å². The van der Waals surface area contributed by atoms with Gasteiger partial charge in [-0.05, 0) is 19.1 Å². The number of halogens is 2. The number of aromatic nitrogens is 1. The molecule has 0 bridgehead atoms. The Morgan fingerprint density at radius 2 is 2.04 bits per heavy atom. The number of benzene rings is 1. The number of nitrogens with zero attached hydrogens (tertiary/aromatic N) is 2. The number of aliphatic imine (C=N–C) groups is 1. The lowest BCUT2D eigenvalue weighted by molar-refractivity contribution is 0.184. The molecular weight excluding hydrogens is 511 g/mol. The zero-order valence-electron chi connectivity index (χ0n) is 15.3. The molecule has 2 heterocycles. The largest absolute Gasteiger partial charge is 0.386 e. The van der Waals surface area contributed by atoms with Gasteiger partial charge in [-0.3, -0.25) is 0 Å². The number of aliphatic hydroxyl groups excluding tert-OH is 1. The van der Waals surface area contributed by atoms with Crippen molar-refractivity contribution in [3.8, 4) is 11.3 Å². The van der Waals surface area contributed by atoms with Gasteiger partial charge in [0.25, 0.3) is 0 Å². The molecule has 0 amide bonds. The van der Waals surface area contributed by atoms with Gasteiger partial charge in [0.05, 0.1) is 10.9 Å². The molecule has 2 aromatic heterocycles. The summed E-state index contributed by atoms with van der Waals surface area (Å²) in [6.07, 6.45) is -0.650. The fraction of sp³-hybridized carbons (Fsp3) is 0.263. The fourth-order valence-corrected chi connectivity index (χ4v) is 3.47. The van der Waals surface area contributed by atoms with Crippen LogP contribution < -0.4 is 10.6 Å². The quantitative estimate of drug-likeness (QED) is 0.238. The summed E-state index contributed by atoms with van der Waals surface area (Å²) in [6.45, 7) is 3.39. The van der Waals surface area contributed by atoms with Gasteiger partial charge in [-0.25, -0.2) is 4.99 Å². The zero-order valence-corrected chi connectivity index (χ0v) is 19.2. The van der Waals surface area contributed by atoms with Crippen LogP contribution in [0.3, 0.4) is 0 Å². The maximum Gasteiger partial charge on any atom is 0.191 e. The molecule has 3 rings (SSSR count). The van der Waals surface area contributed by atoms with Crippen molar-refractivity contribution in [1.29, 1.82) is 0 Å². The predicted molar refractivity (Wildman–Crippen MR) is 124 cm³/mol. The number of hydrogen-bond acceptors (Lipinski definition) is 5. The molecule has 3 aromatic rings. The lowest BCUT2D eigenvalue weighted by Crippen LogP contribution is -2.39. The molecule has 0 aliphatic heterocycles. The van der Waals surface area contributed by atoms with E-state index in [9.17, 15) is 5.11 Å². The number of nitrogens with one attached hydrogen (secondary N) is 2. The Bertz CT molecular complexity index is 885. The summed E-state index contributed by atoms with van der Waals surface area (Å²) in [4.78, 5) is 5.31. The molecule has 6 nitrogen and oxygen atoms in total. The van der Waals surface area contributed by atoms with Crippen LogP contribution in [0.1, 0.15) is 23.6 Å². The Morgan fingerprint density at radius 3 is 2.71 bits per heavy atom. The maximum atomic E-state index is 10.2.